The molecule has 0 saturated heterocycles. The van der Waals surface area contributed by atoms with Gasteiger partial charge in [0.15, 0.2) is 0 Å². The highest BCUT2D eigenvalue weighted by atomic mass is 16.3. The largest absolute Gasteiger partial charge is 0.381 e. The summed E-state index contributed by atoms with van der Waals surface area (Å²) in [5.41, 5.74) is 3.66. The van der Waals surface area contributed by atoms with Crippen molar-refractivity contribution < 1.29 is 5.11 Å². The molecule has 2 aromatic carbocycles. The van der Waals surface area contributed by atoms with Crippen LogP contribution in [0.25, 0.3) is 11.1 Å². The summed E-state index contributed by atoms with van der Waals surface area (Å²) in [5.74, 6) is 0. The van der Waals surface area contributed by atoms with E-state index in [-0.39, 0.29) is 6.73 Å². The summed E-state index contributed by atoms with van der Waals surface area (Å²) in [5, 5.41) is 8.95. The van der Waals surface area contributed by atoms with Gasteiger partial charge in [-0.05, 0) is 23.7 Å². The average Bonchev–Trinajstić information content (AvgIpc) is 2.40. The van der Waals surface area contributed by atoms with Crippen LogP contribution in [0.15, 0.2) is 54.6 Å². The van der Waals surface area contributed by atoms with E-state index < -0.39 is 0 Å². The first-order valence-corrected chi connectivity index (χ1v) is 5.73. The molecular formula is C15H17NO. The lowest BCUT2D eigenvalue weighted by Crippen LogP contribution is -2.18. The highest BCUT2D eigenvalue weighted by Gasteiger charge is 2.00. The third-order valence-electron chi connectivity index (χ3n) is 2.75. The van der Waals surface area contributed by atoms with E-state index in [0.29, 0.717) is 0 Å². The molecule has 2 nitrogen and oxygen atoms in total. The van der Waals surface area contributed by atoms with Crippen molar-refractivity contribution in [3.05, 3.63) is 60.2 Å². The zero-order chi connectivity index (χ0) is 12.1. The third kappa shape index (κ3) is 3.16. The first-order valence-electron chi connectivity index (χ1n) is 5.73. The molecule has 0 bridgehead atoms. The monoisotopic (exact) mass is 227 g/mol. The van der Waals surface area contributed by atoms with E-state index in [1.165, 1.54) is 16.7 Å². The van der Waals surface area contributed by atoms with Crippen LogP contribution < -0.4 is 0 Å². The molecule has 0 spiro atoms. The van der Waals surface area contributed by atoms with Crippen LogP contribution >= 0.6 is 0 Å². The fourth-order valence-corrected chi connectivity index (χ4v) is 1.79. The van der Waals surface area contributed by atoms with Crippen molar-refractivity contribution in [3.8, 4) is 11.1 Å². The number of nitrogens with zero attached hydrogens (tertiary/aromatic N) is 1. The van der Waals surface area contributed by atoms with E-state index in [0.717, 1.165) is 6.54 Å². The summed E-state index contributed by atoms with van der Waals surface area (Å²) in [6.07, 6.45) is 0. The van der Waals surface area contributed by atoms with Gasteiger partial charge in [-0.15, -0.1) is 0 Å². The summed E-state index contributed by atoms with van der Waals surface area (Å²) in [4.78, 5) is 1.86. The molecule has 0 heterocycles. The number of benzene rings is 2. The highest BCUT2D eigenvalue weighted by Crippen LogP contribution is 2.19. The number of aliphatic hydroxyl groups is 1. The fourth-order valence-electron chi connectivity index (χ4n) is 1.79. The predicted molar refractivity (Wildman–Crippen MR) is 70.4 cm³/mol. The lowest BCUT2D eigenvalue weighted by Gasteiger charge is -2.13. The maximum atomic E-state index is 8.95. The molecule has 0 radical (unpaired) electrons. The molecule has 0 aromatic heterocycles. The van der Waals surface area contributed by atoms with Gasteiger partial charge in [-0.3, -0.25) is 4.90 Å². The molecule has 0 aliphatic rings. The van der Waals surface area contributed by atoms with Crippen LogP contribution in [0.3, 0.4) is 0 Å². The van der Waals surface area contributed by atoms with Gasteiger partial charge in [0.1, 0.15) is 0 Å². The Hall–Kier alpha value is -1.64. The minimum absolute atomic E-state index is 0.0838. The van der Waals surface area contributed by atoms with Gasteiger partial charge in [-0.25, -0.2) is 0 Å². The van der Waals surface area contributed by atoms with Crippen LogP contribution in [0.4, 0.5) is 0 Å². The zero-order valence-corrected chi connectivity index (χ0v) is 10.0. The predicted octanol–water partition coefficient (Wildman–Crippen LogP) is 2.74. The van der Waals surface area contributed by atoms with Crippen molar-refractivity contribution >= 4 is 0 Å². The lowest BCUT2D eigenvalue weighted by atomic mass is 10.0. The van der Waals surface area contributed by atoms with Gasteiger partial charge < -0.3 is 5.11 Å². The molecule has 0 aliphatic carbocycles. The molecule has 17 heavy (non-hydrogen) atoms. The Bertz CT molecular complexity index is 450. The Balaban J connectivity index is 2.13. The van der Waals surface area contributed by atoms with E-state index >= 15 is 0 Å². The van der Waals surface area contributed by atoms with Gasteiger partial charge in [0.25, 0.3) is 0 Å². The number of aliphatic hydroxyl groups excluding tert-OH is 1. The summed E-state index contributed by atoms with van der Waals surface area (Å²) < 4.78 is 0. The van der Waals surface area contributed by atoms with Crippen molar-refractivity contribution in [2.24, 2.45) is 0 Å². The molecule has 0 atom stereocenters. The Morgan fingerprint density at radius 1 is 0.882 bits per heavy atom. The van der Waals surface area contributed by atoms with Gasteiger partial charge >= 0.3 is 0 Å². The minimum atomic E-state index is 0.0838. The lowest BCUT2D eigenvalue weighted by molar-refractivity contribution is 0.127. The Morgan fingerprint density at radius 2 is 1.47 bits per heavy atom. The number of hydrogen-bond donors (Lipinski definition) is 1. The Morgan fingerprint density at radius 3 is 2.06 bits per heavy atom. The quantitative estimate of drug-likeness (QED) is 0.812. The fraction of sp³-hybridized carbons (Fsp3) is 0.200. The van der Waals surface area contributed by atoms with Crippen molar-refractivity contribution in [1.82, 2.24) is 4.90 Å². The Labute approximate surface area is 102 Å². The van der Waals surface area contributed by atoms with Crippen molar-refractivity contribution in [2.75, 3.05) is 13.8 Å². The average molecular weight is 227 g/mol. The second-order valence-electron chi connectivity index (χ2n) is 4.22. The molecular weight excluding hydrogens is 210 g/mol. The summed E-state index contributed by atoms with van der Waals surface area (Å²) >= 11 is 0. The van der Waals surface area contributed by atoms with Gasteiger partial charge in [0.2, 0.25) is 0 Å². The topological polar surface area (TPSA) is 23.5 Å². The number of rotatable bonds is 4. The molecule has 0 amide bonds. The third-order valence-corrected chi connectivity index (χ3v) is 2.75. The second-order valence-corrected chi connectivity index (χ2v) is 4.22. The molecule has 2 aromatic rings. The maximum Gasteiger partial charge on any atom is 0.0956 e. The van der Waals surface area contributed by atoms with E-state index in [1.54, 1.807) is 0 Å². The van der Waals surface area contributed by atoms with Crippen LogP contribution in [0.1, 0.15) is 5.56 Å². The minimum Gasteiger partial charge on any atom is -0.381 e. The molecule has 88 valence electrons. The standard InChI is InChI=1S/C15H17NO/c1-16(12-17)11-13-7-9-15(10-8-13)14-5-3-2-4-6-14/h2-10,17H,11-12H2,1H3. The van der Waals surface area contributed by atoms with Gasteiger partial charge in [0, 0.05) is 6.54 Å². The first-order chi connectivity index (χ1) is 8.29. The van der Waals surface area contributed by atoms with Crippen LogP contribution in [-0.2, 0) is 6.54 Å². The molecule has 1 N–H and O–H groups in total. The van der Waals surface area contributed by atoms with Gasteiger partial charge in [-0.2, -0.15) is 0 Å². The number of hydrogen-bond acceptors (Lipinski definition) is 2. The molecule has 0 unspecified atom stereocenters. The van der Waals surface area contributed by atoms with E-state index in [2.05, 4.69) is 36.4 Å². The SMILES string of the molecule is CN(CO)Cc1ccc(-c2ccccc2)cc1. The first kappa shape index (κ1) is 11.8. The van der Waals surface area contributed by atoms with Crippen molar-refractivity contribution in [2.45, 2.75) is 6.54 Å². The van der Waals surface area contributed by atoms with E-state index in [1.807, 2.05) is 30.1 Å². The molecule has 0 saturated carbocycles. The zero-order valence-electron chi connectivity index (χ0n) is 10.0. The van der Waals surface area contributed by atoms with Crippen LogP contribution in [0.2, 0.25) is 0 Å². The highest BCUT2D eigenvalue weighted by molar-refractivity contribution is 5.63. The van der Waals surface area contributed by atoms with Gasteiger partial charge in [-0.1, -0.05) is 54.6 Å². The van der Waals surface area contributed by atoms with E-state index in [9.17, 15) is 0 Å². The van der Waals surface area contributed by atoms with Gasteiger partial charge in [0.05, 0.1) is 6.73 Å². The summed E-state index contributed by atoms with van der Waals surface area (Å²) in [6.45, 7) is 0.853. The Kier molecular flexibility index (Phi) is 3.91. The smallest absolute Gasteiger partial charge is 0.0956 e. The van der Waals surface area contributed by atoms with Crippen molar-refractivity contribution in [3.63, 3.8) is 0 Å². The molecule has 2 rings (SSSR count). The molecule has 0 aliphatic heterocycles. The van der Waals surface area contributed by atoms with Crippen LogP contribution in [0.5, 0.6) is 0 Å². The normalized spacial score (nSPS) is 10.8. The molecule has 0 fully saturated rings. The van der Waals surface area contributed by atoms with Crippen LogP contribution in [0, 0.1) is 0 Å². The van der Waals surface area contributed by atoms with E-state index in [4.69, 9.17) is 5.11 Å². The maximum absolute atomic E-state index is 8.95. The van der Waals surface area contributed by atoms with Crippen LogP contribution in [-0.4, -0.2) is 23.8 Å². The summed E-state index contributed by atoms with van der Waals surface area (Å²) in [6, 6.07) is 18.8. The summed E-state index contributed by atoms with van der Waals surface area (Å²) in [7, 11) is 1.89. The van der Waals surface area contributed by atoms with Crippen molar-refractivity contribution in [1.29, 1.82) is 0 Å². The second kappa shape index (κ2) is 5.62. The molecule has 2 heteroatoms.